The number of halogens is 2. The number of alkyl halides is 1. The highest BCUT2D eigenvalue weighted by molar-refractivity contribution is 5.90. The molecular formula is C21H27F2N5O2. The van der Waals surface area contributed by atoms with E-state index >= 15 is 0 Å². The van der Waals surface area contributed by atoms with Crippen LogP contribution < -0.4 is 11.1 Å². The predicted octanol–water partition coefficient (Wildman–Crippen LogP) is 1.91. The topological polar surface area (TPSA) is 93.2 Å². The smallest absolute Gasteiger partial charge is 0.243 e. The van der Waals surface area contributed by atoms with E-state index in [4.69, 9.17) is 5.73 Å². The van der Waals surface area contributed by atoms with E-state index in [1.165, 1.54) is 23.4 Å². The van der Waals surface area contributed by atoms with Gasteiger partial charge in [-0.3, -0.25) is 14.3 Å². The van der Waals surface area contributed by atoms with Crippen LogP contribution in [-0.2, 0) is 23.2 Å². The van der Waals surface area contributed by atoms with E-state index in [0.29, 0.717) is 30.6 Å². The molecule has 3 N–H and O–H groups in total. The fraction of sp³-hybridized carbons (Fsp3) is 0.476. The Labute approximate surface area is 174 Å². The second-order valence-electron chi connectivity index (χ2n) is 8.11. The third-order valence-corrected chi connectivity index (χ3v) is 5.43. The Hall–Kier alpha value is -2.81. The molecule has 1 aliphatic heterocycles. The molecule has 3 rings (SSSR count). The number of nitrogens with zero attached hydrogens (tertiary/aromatic N) is 3. The lowest BCUT2D eigenvalue weighted by Gasteiger charge is -2.30. The summed E-state index contributed by atoms with van der Waals surface area (Å²) in [5, 5.41) is 6.71. The van der Waals surface area contributed by atoms with E-state index in [-0.39, 0.29) is 12.5 Å². The first-order chi connectivity index (χ1) is 14.1. The van der Waals surface area contributed by atoms with Crippen LogP contribution in [0.1, 0.15) is 32.3 Å². The summed E-state index contributed by atoms with van der Waals surface area (Å²) < 4.78 is 29.4. The van der Waals surface area contributed by atoms with Gasteiger partial charge in [-0.15, -0.1) is 0 Å². The molecule has 9 heteroatoms. The summed E-state index contributed by atoms with van der Waals surface area (Å²) >= 11 is 0. The summed E-state index contributed by atoms with van der Waals surface area (Å²) in [4.78, 5) is 26.5. The maximum atomic E-state index is 14.1. The summed E-state index contributed by atoms with van der Waals surface area (Å²) in [6, 6.07) is 5.13. The average molecular weight is 419 g/mol. The van der Waals surface area contributed by atoms with Crippen molar-refractivity contribution in [2.45, 2.75) is 51.0 Å². The Morgan fingerprint density at radius 3 is 2.57 bits per heavy atom. The third-order valence-electron chi connectivity index (χ3n) is 5.43. The SMILES string of the molecule is Cn1ncc(F)c1-c1ccc(CNC(=O)C2CCCN2C(=O)C(N)C(C)(C)F)cc1. The molecule has 0 bridgehead atoms. The number of aryl methyl sites for hydroxylation is 1. The molecule has 1 aromatic heterocycles. The maximum absolute atomic E-state index is 14.1. The number of likely N-dealkylation sites (tertiary alicyclic amines) is 1. The van der Waals surface area contributed by atoms with Crippen LogP contribution in [0.5, 0.6) is 0 Å². The molecule has 0 aliphatic carbocycles. The van der Waals surface area contributed by atoms with Crippen LogP contribution in [0.3, 0.4) is 0 Å². The number of rotatable bonds is 6. The lowest BCUT2D eigenvalue weighted by Crippen LogP contribution is -2.56. The van der Waals surface area contributed by atoms with Crippen molar-refractivity contribution in [3.63, 3.8) is 0 Å². The molecule has 2 aromatic rings. The molecule has 0 saturated carbocycles. The van der Waals surface area contributed by atoms with Crippen molar-refractivity contribution in [2.24, 2.45) is 12.8 Å². The summed E-state index contributed by atoms with van der Waals surface area (Å²) in [7, 11) is 1.66. The lowest BCUT2D eigenvalue weighted by molar-refractivity contribution is -0.141. The molecule has 162 valence electrons. The number of amides is 2. The van der Waals surface area contributed by atoms with Gasteiger partial charge in [-0.2, -0.15) is 5.10 Å². The molecule has 30 heavy (non-hydrogen) atoms. The van der Waals surface area contributed by atoms with Crippen LogP contribution >= 0.6 is 0 Å². The van der Waals surface area contributed by atoms with Gasteiger partial charge in [0, 0.05) is 25.7 Å². The van der Waals surface area contributed by atoms with Crippen molar-refractivity contribution in [3.05, 3.63) is 41.8 Å². The van der Waals surface area contributed by atoms with Crippen LogP contribution in [0.25, 0.3) is 11.3 Å². The molecule has 2 amide bonds. The molecule has 1 aromatic carbocycles. The molecule has 1 aliphatic rings. The van der Waals surface area contributed by atoms with Gasteiger partial charge < -0.3 is 16.0 Å². The maximum Gasteiger partial charge on any atom is 0.243 e. The van der Waals surface area contributed by atoms with Crippen LogP contribution in [0.2, 0.25) is 0 Å². The summed E-state index contributed by atoms with van der Waals surface area (Å²) in [5.41, 5.74) is 5.77. The number of hydrogen-bond donors (Lipinski definition) is 2. The van der Waals surface area contributed by atoms with Crippen LogP contribution in [0.15, 0.2) is 30.5 Å². The first-order valence-electron chi connectivity index (χ1n) is 9.89. The second kappa shape index (κ2) is 8.51. The van der Waals surface area contributed by atoms with Gasteiger partial charge in [-0.25, -0.2) is 8.78 Å². The molecular weight excluding hydrogens is 392 g/mol. The van der Waals surface area contributed by atoms with Crippen molar-refractivity contribution in [2.75, 3.05) is 6.54 Å². The molecule has 2 unspecified atom stereocenters. The highest BCUT2D eigenvalue weighted by atomic mass is 19.1. The fourth-order valence-corrected chi connectivity index (χ4v) is 3.60. The van der Waals surface area contributed by atoms with E-state index in [1.54, 1.807) is 31.3 Å². The average Bonchev–Trinajstić information content (AvgIpc) is 3.31. The molecule has 1 fully saturated rings. The van der Waals surface area contributed by atoms with Gasteiger partial charge in [0.15, 0.2) is 5.82 Å². The minimum atomic E-state index is -1.87. The molecule has 0 spiro atoms. The molecule has 1 saturated heterocycles. The second-order valence-corrected chi connectivity index (χ2v) is 8.11. The number of nitrogens with one attached hydrogen (secondary N) is 1. The molecule has 2 atom stereocenters. The first-order valence-corrected chi connectivity index (χ1v) is 9.89. The molecule has 2 heterocycles. The highest BCUT2D eigenvalue weighted by Crippen LogP contribution is 2.24. The number of hydrogen-bond acceptors (Lipinski definition) is 4. The first kappa shape index (κ1) is 21.9. The largest absolute Gasteiger partial charge is 0.350 e. The van der Waals surface area contributed by atoms with Gasteiger partial charge in [0.05, 0.1) is 6.20 Å². The van der Waals surface area contributed by atoms with E-state index in [9.17, 15) is 18.4 Å². The van der Waals surface area contributed by atoms with Gasteiger partial charge in [-0.05, 0) is 32.3 Å². The zero-order valence-electron chi connectivity index (χ0n) is 17.4. The minimum absolute atomic E-state index is 0.256. The van der Waals surface area contributed by atoms with E-state index < -0.39 is 29.5 Å². The van der Waals surface area contributed by atoms with Gasteiger partial charge in [0.25, 0.3) is 0 Å². The quantitative estimate of drug-likeness (QED) is 0.748. The van der Waals surface area contributed by atoms with Crippen molar-refractivity contribution >= 4 is 11.8 Å². The normalized spacial score (nSPS) is 17.8. The Kier molecular flexibility index (Phi) is 6.21. The van der Waals surface area contributed by atoms with Gasteiger partial charge in [0.1, 0.15) is 23.4 Å². The Bertz CT molecular complexity index is 901. The molecule has 7 nitrogen and oxygen atoms in total. The Morgan fingerprint density at radius 2 is 2.00 bits per heavy atom. The lowest BCUT2D eigenvalue weighted by atomic mass is 10.00. The number of carbonyl (C=O) groups is 2. The van der Waals surface area contributed by atoms with E-state index in [1.807, 2.05) is 0 Å². The Balaban J connectivity index is 1.62. The van der Waals surface area contributed by atoms with Crippen molar-refractivity contribution in [1.82, 2.24) is 20.0 Å². The van der Waals surface area contributed by atoms with Crippen molar-refractivity contribution in [3.8, 4) is 11.3 Å². The number of aromatic nitrogens is 2. The monoisotopic (exact) mass is 419 g/mol. The number of nitrogens with two attached hydrogens (primary N) is 1. The van der Waals surface area contributed by atoms with Crippen LogP contribution in [0.4, 0.5) is 8.78 Å². The summed E-state index contributed by atoms with van der Waals surface area (Å²) in [6.07, 6.45) is 2.33. The zero-order valence-corrected chi connectivity index (χ0v) is 17.4. The summed E-state index contributed by atoms with van der Waals surface area (Å²) in [6.45, 7) is 3.14. The van der Waals surface area contributed by atoms with E-state index in [0.717, 1.165) is 11.8 Å². The number of carbonyl (C=O) groups excluding carboxylic acids is 2. The van der Waals surface area contributed by atoms with Crippen LogP contribution in [0, 0.1) is 5.82 Å². The minimum Gasteiger partial charge on any atom is -0.350 e. The van der Waals surface area contributed by atoms with Gasteiger partial charge in [0.2, 0.25) is 11.8 Å². The standard InChI is InChI=1S/C21H27F2N5O2/c1-21(2,23)18(24)20(30)28-10-4-5-16(28)19(29)25-11-13-6-8-14(9-7-13)17-15(22)12-26-27(17)3/h6-9,12,16,18H,4-5,10-11,24H2,1-3H3,(H,25,29). The third kappa shape index (κ3) is 4.51. The summed E-state index contributed by atoms with van der Waals surface area (Å²) in [5.74, 6) is -1.26. The fourth-order valence-electron chi connectivity index (χ4n) is 3.60. The van der Waals surface area contributed by atoms with Crippen LogP contribution in [-0.4, -0.2) is 50.8 Å². The van der Waals surface area contributed by atoms with Gasteiger partial charge >= 0.3 is 0 Å². The number of benzene rings is 1. The van der Waals surface area contributed by atoms with Crippen molar-refractivity contribution in [1.29, 1.82) is 0 Å². The zero-order chi connectivity index (χ0) is 22.1. The Morgan fingerprint density at radius 1 is 1.33 bits per heavy atom. The van der Waals surface area contributed by atoms with Crippen molar-refractivity contribution < 1.29 is 18.4 Å². The van der Waals surface area contributed by atoms with Gasteiger partial charge in [-0.1, -0.05) is 24.3 Å². The molecule has 0 radical (unpaired) electrons. The predicted molar refractivity (Wildman–Crippen MR) is 108 cm³/mol. The van der Waals surface area contributed by atoms with E-state index in [2.05, 4.69) is 10.4 Å². The highest BCUT2D eigenvalue weighted by Gasteiger charge is 2.41.